The van der Waals surface area contributed by atoms with Gasteiger partial charge in [0, 0.05) is 17.5 Å². The molecule has 2 amide bonds. The van der Waals surface area contributed by atoms with Crippen molar-refractivity contribution in [2.45, 2.75) is 26.2 Å². The highest BCUT2D eigenvalue weighted by Crippen LogP contribution is 2.17. The lowest BCUT2D eigenvalue weighted by molar-refractivity contribution is -0.120. The first-order valence-corrected chi connectivity index (χ1v) is 8.24. The average Bonchev–Trinajstić information content (AvgIpc) is 2.95. The number of nitrogens with zero attached hydrogens (tertiary/aromatic N) is 1. The number of amides is 2. The zero-order chi connectivity index (χ0) is 16.7. The Bertz CT molecular complexity index is 670. The molecule has 0 saturated heterocycles. The number of nitrogens with one attached hydrogen (secondary N) is 2. The van der Waals surface area contributed by atoms with Gasteiger partial charge < -0.3 is 5.32 Å². The Balaban J connectivity index is 1.88. The number of rotatable bonds is 7. The van der Waals surface area contributed by atoms with Gasteiger partial charge >= 0.3 is 0 Å². The highest BCUT2D eigenvalue weighted by Gasteiger charge is 2.11. The van der Waals surface area contributed by atoms with Gasteiger partial charge in [0.1, 0.15) is 5.82 Å². The molecule has 0 radical (unpaired) electrons. The molecular weight excluding hydrogens is 317 g/mol. The van der Waals surface area contributed by atoms with E-state index in [-0.39, 0.29) is 18.2 Å². The number of carbonyl (C=O) groups excluding carboxylic acids is 2. The second kappa shape index (κ2) is 8.38. The van der Waals surface area contributed by atoms with Crippen molar-refractivity contribution >= 4 is 28.3 Å². The van der Waals surface area contributed by atoms with E-state index in [2.05, 4.69) is 22.5 Å². The molecule has 0 fully saturated rings. The maximum absolute atomic E-state index is 12.8. The number of carbonyl (C=O) groups is 2. The molecule has 0 saturated carbocycles. The third kappa shape index (κ3) is 5.45. The minimum Gasteiger partial charge on any atom is -0.356 e. The summed E-state index contributed by atoms with van der Waals surface area (Å²) in [6, 6.07) is 5.26. The number of unbranched alkanes of at least 4 members (excludes halogenated alkanes) is 1. The molecule has 2 N–H and O–H groups in total. The molecule has 122 valence electrons. The van der Waals surface area contributed by atoms with Crippen LogP contribution in [0.15, 0.2) is 29.6 Å². The minimum atomic E-state index is -0.396. The molecule has 0 aliphatic carbocycles. The SMILES string of the molecule is CCCCNC(=O)Cc1csc(NC(=O)c2ccc(F)cc2)n1. The zero-order valence-corrected chi connectivity index (χ0v) is 13.6. The number of benzene rings is 1. The van der Waals surface area contributed by atoms with Gasteiger partial charge in [0.05, 0.1) is 12.1 Å². The van der Waals surface area contributed by atoms with Gasteiger partial charge in [-0.2, -0.15) is 0 Å². The van der Waals surface area contributed by atoms with Crippen LogP contribution in [0, 0.1) is 5.82 Å². The fourth-order valence-electron chi connectivity index (χ4n) is 1.85. The van der Waals surface area contributed by atoms with Crippen molar-refractivity contribution in [1.29, 1.82) is 0 Å². The second-order valence-electron chi connectivity index (χ2n) is 4.99. The quantitative estimate of drug-likeness (QED) is 0.764. The summed E-state index contributed by atoms with van der Waals surface area (Å²) in [6.07, 6.45) is 2.16. The van der Waals surface area contributed by atoms with Gasteiger partial charge in [0.2, 0.25) is 5.91 Å². The van der Waals surface area contributed by atoms with Crippen LogP contribution in [0.5, 0.6) is 0 Å². The van der Waals surface area contributed by atoms with Gasteiger partial charge in [-0.15, -0.1) is 11.3 Å². The zero-order valence-electron chi connectivity index (χ0n) is 12.8. The summed E-state index contributed by atoms with van der Waals surface area (Å²) in [4.78, 5) is 27.9. The fourth-order valence-corrected chi connectivity index (χ4v) is 2.55. The number of aromatic nitrogens is 1. The third-order valence-corrected chi connectivity index (χ3v) is 3.88. The molecule has 0 bridgehead atoms. The lowest BCUT2D eigenvalue weighted by Crippen LogP contribution is -2.26. The number of hydrogen-bond acceptors (Lipinski definition) is 4. The third-order valence-electron chi connectivity index (χ3n) is 3.07. The van der Waals surface area contributed by atoms with Crippen LogP contribution in [0.2, 0.25) is 0 Å². The van der Waals surface area contributed by atoms with E-state index in [1.807, 2.05) is 0 Å². The molecule has 0 spiro atoms. The van der Waals surface area contributed by atoms with Crippen molar-refractivity contribution in [2.75, 3.05) is 11.9 Å². The van der Waals surface area contributed by atoms with Crippen LogP contribution < -0.4 is 10.6 Å². The van der Waals surface area contributed by atoms with Crippen molar-refractivity contribution in [2.24, 2.45) is 0 Å². The molecule has 2 rings (SSSR count). The van der Waals surface area contributed by atoms with Gasteiger partial charge in [-0.1, -0.05) is 13.3 Å². The topological polar surface area (TPSA) is 71.1 Å². The number of thiazole rings is 1. The molecule has 23 heavy (non-hydrogen) atoms. The van der Waals surface area contributed by atoms with Crippen LogP contribution >= 0.6 is 11.3 Å². The first-order chi connectivity index (χ1) is 11.1. The van der Waals surface area contributed by atoms with Crippen LogP contribution in [-0.2, 0) is 11.2 Å². The molecule has 0 aliphatic rings. The van der Waals surface area contributed by atoms with E-state index >= 15 is 0 Å². The maximum atomic E-state index is 12.8. The Morgan fingerprint density at radius 2 is 2.00 bits per heavy atom. The Labute approximate surface area is 137 Å². The summed E-state index contributed by atoms with van der Waals surface area (Å²) < 4.78 is 12.8. The van der Waals surface area contributed by atoms with Crippen molar-refractivity contribution < 1.29 is 14.0 Å². The summed E-state index contributed by atoms with van der Waals surface area (Å²) in [7, 11) is 0. The van der Waals surface area contributed by atoms with Gasteiger partial charge in [-0.05, 0) is 30.7 Å². The van der Waals surface area contributed by atoms with E-state index in [0.717, 1.165) is 12.8 Å². The van der Waals surface area contributed by atoms with E-state index in [0.29, 0.717) is 22.9 Å². The van der Waals surface area contributed by atoms with E-state index in [9.17, 15) is 14.0 Å². The smallest absolute Gasteiger partial charge is 0.257 e. The standard InChI is InChI=1S/C16H18FN3O2S/c1-2-3-8-18-14(21)9-13-10-23-16(19-13)20-15(22)11-4-6-12(17)7-5-11/h4-7,10H,2-3,8-9H2,1H3,(H,18,21)(H,19,20,22). The summed E-state index contributed by atoms with van der Waals surface area (Å²) in [5.41, 5.74) is 0.957. The van der Waals surface area contributed by atoms with Crippen LogP contribution in [0.25, 0.3) is 0 Å². The molecule has 0 unspecified atom stereocenters. The van der Waals surface area contributed by atoms with E-state index in [1.54, 1.807) is 5.38 Å². The summed E-state index contributed by atoms with van der Waals surface area (Å²) in [5, 5.41) is 7.60. The Hall–Kier alpha value is -2.28. The Kier molecular flexibility index (Phi) is 6.22. The maximum Gasteiger partial charge on any atom is 0.257 e. The lowest BCUT2D eigenvalue weighted by Gasteiger charge is -2.02. The van der Waals surface area contributed by atoms with Crippen molar-refractivity contribution in [3.63, 3.8) is 0 Å². The summed E-state index contributed by atoms with van der Waals surface area (Å²) in [5.74, 6) is -0.842. The van der Waals surface area contributed by atoms with Gasteiger partial charge in [0.15, 0.2) is 5.13 Å². The van der Waals surface area contributed by atoms with Gasteiger partial charge in [-0.25, -0.2) is 9.37 Å². The van der Waals surface area contributed by atoms with E-state index < -0.39 is 5.82 Å². The Morgan fingerprint density at radius 3 is 2.70 bits per heavy atom. The number of halogens is 1. The minimum absolute atomic E-state index is 0.0832. The van der Waals surface area contributed by atoms with E-state index in [1.165, 1.54) is 35.6 Å². The predicted molar refractivity (Wildman–Crippen MR) is 88.1 cm³/mol. The summed E-state index contributed by atoms with van der Waals surface area (Å²) >= 11 is 1.25. The van der Waals surface area contributed by atoms with Crippen LogP contribution in [0.4, 0.5) is 9.52 Å². The highest BCUT2D eigenvalue weighted by molar-refractivity contribution is 7.14. The molecule has 7 heteroatoms. The number of hydrogen-bond donors (Lipinski definition) is 2. The highest BCUT2D eigenvalue weighted by atomic mass is 32.1. The van der Waals surface area contributed by atoms with Crippen molar-refractivity contribution in [1.82, 2.24) is 10.3 Å². The molecule has 1 aromatic carbocycles. The molecule has 5 nitrogen and oxygen atoms in total. The Morgan fingerprint density at radius 1 is 1.26 bits per heavy atom. The molecule has 1 heterocycles. The van der Waals surface area contributed by atoms with Crippen LogP contribution in [0.3, 0.4) is 0 Å². The van der Waals surface area contributed by atoms with Crippen molar-refractivity contribution in [3.8, 4) is 0 Å². The molecule has 2 aromatic rings. The molecular formula is C16H18FN3O2S. The largest absolute Gasteiger partial charge is 0.356 e. The first-order valence-electron chi connectivity index (χ1n) is 7.36. The van der Waals surface area contributed by atoms with Crippen molar-refractivity contribution in [3.05, 3.63) is 46.7 Å². The predicted octanol–water partition coefficient (Wildman–Crippen LogP) is 2.99. The molecule has 1 aromatic heterocycles. The second-order valence-corrected chi connectivity index (χ2v) is 5.84. The van der Waals surface area contributed by atoms with Crippen LogP contribution in [-0.4, -0.2) is 23.3 Å². The monoisotopic (exact) mass is 335 g/mol. The number of anilines is 1. The van der Waals surface area contributed by atoms with Crippen LogP contribution in [0.1, 0.15) is 35.8 Å². The molecule has 0 aliphatic heterocycles. The lowest BCUT2D eigenvalue weighted by atomic mass is 10.2. The summed E-state index contributed by atoms with van der Waals surface area (Å²) in [6.45, 7) is 2.72. The first kappa shape index (κ1) is 17.1. The fraction of sp³-hybridized carbons (Fsp3) is 0.312. The van der Waals surface area contributed by atoms with E-state index in [4.69, 9.17) is 0 Å². The molecule has 0 atom stereocenters. The van der Waals surface area contributed by atoms with Gasteiger partial charge in [0.25, 0.3) is 5.91 Å². The normalized spacial score (nSPS) is 10.3. The van der Waals surface area contributed by atoms with Gasteiger partial charge in [-0.3, -0.25) is 14.9 Å². The average molecular weight is 335 g/mol.